The molecule has 3 aromatic rings. The van der Waals surface area contributed by atoms with Crippen molar-refractivity contribution in [3.63, 3.8) is 0 Å². The maximum Gasteiger partial charge on any atom is 0.167 e. The molecule has 0 bridgehead atoms. The minimum Gasteiger partial charge on any atom is -0.225 e. The van der Waals surface area contributed by atoms with Crippen molar-refractivity contribution in [3.8, 4) is 11.8 Å². The van der Waals surface area contributed by atoms with Gasteiger partial charge in [0.05, 0.1) is 17.3 Å². The summed E-state index contributed by atoms with van der Waals surface area (Å²) in [5, 5.41) is 14.5. The number of aromatic nitrogens is 4. The summed E-state index contributed by atoms with van der Waals surface area (Å²) in [5.41, 5.74) is 1.75. The zero-order valence-electron chi connectivity index (χ0n) is 9.08. The zero-order chi connectivity index (χ0) is 12.5. The Morgan fingerprint density at radius 3 is 2.67 bits per heavy atom. The Kier molecular flexibility index (Phi) is 2.43. The molecule has 0 spiro atoms. The Labute approximate surface area is 107 Å². The number of benzene rings is 1. The zero-order valence-corrected chi connectivity index (χ0v) is 9.83. The highest BCUT2D eigenvalue weighted by Gasteiger charge is 2.10. The fraction of sp³-hybridized carbons (Fsp3) is 0. The van der Waals surface area contributed by atoms with Crippen LogP contribution in [0.4, 0.5) is 0 Å². The van der Waals surface area contributed by atoms with Crippen LogP contribution in [0.5, 0.6) is 0 Å². The number of hydrogen-bond acceptors (Lipinski definition) is 4. The van der Waals surface area contributed by atoms with Crippen molar-refractivity contribution < 1.29 is 0 Å². The van der Waals surface area contributed by atoms with Gasteiger partial charge in [-0.25, -0.2) is 14.6 Å². The molecule has 0 N–H and O–H groups in total. The van der Waals surface area contributed by atoms with Crippen LogP contribution in [0.2, 0.25) is 5.02 Å². The molecule has 2 aromatic heterocycles. The second-order valence-corrected chi connectivity index (χ2v) is 4.04. The van der Waals surface area contributed by atoms with Crippen molar-refractivity contribution in [1.82, 2.24) is 19.7 Å². The van der Waals surface area contributed by atoms with Crippen LogP contribution in [-0.2, 0) is 0 Å². The molecule has 0 aliphatic carbocycles. The lowest BCUT2D eigenvalue weighted by Gasteiger charge is -2.02. The smallest absolute Gasteiger partial charge is 0.167 e. The van der Waals surface area contributed by atoms with E-state index in [0.29, 0.717) is 21.7 Å². The lowest BCUT2D eigenvalue weighted by atomic mass is 10.3. The highest BCUT2D eigenvalue weighted by Crippen LogP contribution is 2.19. The van der Waals surface area contributed by atoms with E-state index in [4.69, 9.17) is 16.9 Å². The Morgan fingerprint density at radius 1 is 1.17 bits per heavy atom. The maximum absolute atomic E-state index is 8.96. The van der Waals surface area contributed by atoms with E-state index in [1.165, 1.54) is 6.33 Å². The average Bonchev–Trinajstić information content (AvgIpc) is 2.83. The first-order valence-electron chi connectivity index (χ1n) is 5.14. The van der Waals surface area contributed by atoms with E-state index in [1.807, 2.05) is 18.2 Å². The molecular formula is C12H6ClN5. The van der Waals surface area contributed by atoms with Gasteiger partial charge in [-0.15, -0.1) is 0 Å². The van der Waals surface area contributed by atoms with Crippen LogP contribution in [0.25, 0.3) is 16.7 Å². The number of nitrogens with zero attached hydrogens (tertiary/aromatic N) is 5. The van der Waals surface area contributed by atoms with Gasteiger partial charge in [0, 0.05) is 5.02 Å². The van der Waals surface area contributed by atoms with Gasteiger partial charge in [0.15, 0.2) is 11.3 Å². The first kappa shape index (κ1) is 10.7. The monoisotopic (exact) mass is 255 g/mol. The third kappa shape index (κ3) is 1.60. The van der Waals surface area contributed by atoms with Gasteiger partial charge < -0.3 is 0 Å². The second-order valence-electron chi connectivity index (χ2n) is 3.60. The Morgan fingerprint density at radius 2 is 1.94 bits per heavy atom. The van der Waals surface area contributed by atoms with Crippen LogP contribution in [0.15, 0.2) is 36.8 Å². The Hall–Kier alpha value is -2.45. The molecule has 6 heteroatoms. The van der Waals surface area contributed by atoms with Gasteiger partial charge in [-0.2, -0.15) is 10.4 Å². The van der Waals surface area contributed by atoms with Gasteiger partial charge >= 0.3 is 0 Å². The maximum atomic E-state index is 8.96. The van der Waals surface area contributed by atoms with Crippen LogP contribution in [0.3, 0.4) is 0 Å². The van der Waals surface area contributed by atoms with Crippen LogP contribution in [0.1, 0.15) is 5.69 Å². The van der Waals surface area contributed by atoms with Gasteiger partial charge in [-0.05, 0) is 24.3 Å². The van der Waals surface area contributed by atoms with Gasteiger partial charge in [0.2, 0.25) is 0 Å². The minimum atomic E-state index is 0.320. The molecule has 0 saturated carbocycles. The highest BCUT2D eigenvalue weighted by molar-refractivity contribution is 6.30. The first-order valence-corrected chi connectivity index (χ1v) is 5.52. The normalized spacial score (nSPS) is 10.4. The molecule has 0 saturated heterocycles. The van der Waals surface area contributed by atoms with E-state index in [-0.39, 0.29) is 0 Å². The van der Waals surface area contributed by atoms with E-state index in [0.717, 1.165) is 5.69 Å². The van der Waals surface area contributed by atoms with Crippen molar-refractivity contribution >= 4 is 22.6 Å². The van der Waals surface area contributed by atoms with Crippen molar-refractivity contribution in [3.05, 3.63) is 47.5 Å². The molecule has 86 valence electrons. The molecule has 2 heterocycles. The summed E-state index contributed by atoms with van der Waals surface area (Å²) in [6.45, 7) is 0. The standard InChI is InChI=1S/C12H6ClN5/c13-8-1-3-9(4-2-8)18-12-10(6-17-18)11(5-14)15-7-16-12/h1-4,6-7H. The number of nitriles is 1. The van der Waals surface area contributed by atoms with E-state index in [2.05, 4.69) is 15.1 Å². The van der Waals surface area contributed by atoms with Crippen LogP contribution in [0, 0.1) is 11.3 Å². The van der Waals surface area contributed by atoms with E-state index in [9.17, 15) is 0 Å². The topological polar surface area (TPSA) is 67.4 Å². The fourth-order valence-electron chi connectivity index (χ4n) is 1.70. The van der Waals surface area contributed by atoms with Crippen LogP contribution >= 0.6 is 11.6 Å². The highest BCUT2D eigenvalue weighted by atomic mass is 35.5. The molecule has 3 rings (SSSR count). The third-order valence-corrected chi connectivity index (χ3v) is 2.79. The molecule has 18 heavy (non-hydrogen) atoms. The fourth-order valence-corrected chi connectivity index (χ4v) is 1.83. The van der Waals surface area contributed by atoms with E-state index < -0.39 is 0 Å². The predicted molar refractivity (Wildman–Crippen MR) is 66.4 cm³/mol. The average molecular weight is 256 g/mol. The Balaban J connectivity index is 2.25. The van der Waals surface area contributed by atoms with E-state index in [1.54, 1.807) is 23.0 Å². The lowest BCUT2D eigenvalue weighted by Crippen LogP contribution is -1.97. The van der Waals surface area contributed by atoms with Gasteiger partial charge in [-0.3, -0.25) is 0 Å². The summed E-state index contributed by atoms with van der Waals surface area (Å²) in [6.07, 6.45) is 2.94. The third-order valence-electron chi connectivity index (χ3n) is 2.54. The van der Waals surface area contributed by atoms with Crippen LogP contribution < -0.4 is 0 Å². The SMILES string of the molecule is N#Cc1ncnc2c1cnn2-c1ccc(Cl)cc1. The summed E-state index contributed by atoms with van der Waals surface area (Å²) < 4.78 is 1.65. The van der Waals surface area contributed by atoms with Crippen molar-refractivity contribution in [2.45, 2.75) is 0 Å². The number of halogens is 1. The largest absolute Gasteiger partial charge is 0.225 e. The van der Waals surface area contributed by atoms with Crippen molar-refractivity contribution in [2.75, 3.05) is 0 Å². The van der Waals surface area contributed by atoms with Gasteiger partial charge in [0.1, 0.15) is 12.4 Å². The quantitative estimate of drug-likeness (QED) is 0.669. The molecule has 0 radical (unpaired) electrons. The van der Waals surface area contributed by atoms with Gasteiger partial charge in [-0.1, -0.05) is 11.6 Å². The summed E-state index contributed by atoms with van der Waals surface area (Å²) in [6, 6.07) is 9.24. The number of fused-ring (bicyclic) bond motifs is 1. The Bertz CT molecular complexity index is 754. The van der Waals surface area contributed by atoms with Crippen LogP contribution in [-0.4, -0.2) is 19.7 Å². The first-order chi connectivity index (χ1) is 8.79. The molecule has 1 aromatic carbocycles. The summed E-state index contributed by atoms with van der Waals surface area (Å²) in [7, 11) is 0. The second kappa shape index (κ2) is 4.09. The van der Waals surface area contributed by atoms with Gasteiger partial charge in [0.25, 0.3) is 0 Å². The number of hydrogen-bond donors (Lipinski definition) is 0. The number of rotatable bonds is 1. The molecular weight excluding hydrogens is 250 g/mol. The van der Waals surface area contributed by atoms with E-state index >= 15 is 0 Å². The van der Waals surface area contributed by atoms with Crippen molar-refractivity contribution in [2.24, 2.45) is 0 Å². The molecule has 5 nitrogen and oxygen atoms in total. The minimum absolute atomic E-state index is 0.320. The molecule has 0 aliphatic rings. The molecule has 0 amide bonds. The summed E-state index contributed by atoms with van der Waals surface area (Å²) in [5.74, 6) is 0. The summed E-state index contributed by atoms with van der Waals surface area (Å²) >= 11 is 5.84. The molecule has 0 unspecified atom stereocenters. The molecule has 0 fully saturated rings. The van der Waals surface area contributed by atoms with Crippen molar-refractivity contribution in [1.29, 1.82) is 5.26 Å². The predicted octanol–water partition coefficient (Wildman–Crippen LogP) is 2.34. The summed E-state index contributed by atoms with van der Waals surface area (Å²) in [4.78, 5) is 8.05. The molecule has 0 aliphatic heterocycles. The lowest BCUT2D eigenvalue weighted by molar-refractivity contribution is 0.895. The molecule has 0 atom stereocenters.